The number of benzene rings is 2. The SMILES string of the molecule is O=S(=O)(c1ccccc1)N1CCC(OC2CCN(c3ccccc3)CC2)CC1. The first-order chi connectivity index (χ1) is 13.6. The van der Waals surface area contributed by atoms with Crippen LogP contribution in [0.5, 0.6) is 0 Å². The Bertz CT molecular complexity index is 842. The minimum absolute atomic E-state index is 0.162. The van der Waals surface area contributed by atoms with Gasteiger partial charge in [-0.15, -0.1) is 0 Å². The van der Waals surface area contributed by atoms with Gasteiger partial charge in [0.25, 0.3) is 0 Å². The molecule has 0 unspecified atom stereocenters. The van der Waals surface area contributed by atoms with Crippen LogP contribution in [-0.4, -0.2) is 51.1 Å². The molecule has 0 N–H and O–H groups in total. The van der Waals surface area contributed by atoms with E-state index in [4.69, 9.17) is 4.74 Å². The minimum atomic E-state index is -3.39. The fourth-order valence-electron chi connectivity index (χ4n) is 4.11. The average molecular weight is 401 g/mol. The molecule has 4 rings (SSSR count). The zero-order valence-electron chi connectivity index (χ0n) is 16.1. The van der Waals surface area contributed by atoms with Crippen molar-refractivity contribution in [1.29, 1.82) is 0 Å². The van der Waals surface area contributed by atoms with Gasteiger partial charge in [-0.05, 0) is 49.9 Å². The van der Waals surface area contributed by atoms with Crippen molar-refractivity contribution < 1.29 is 13.2 Å². The number of nitrogens with zero attached hydrogens (tertiary/aromatic N) is 2. The molecular formula is C22H28N2O3S. The Balaban J connectivity index is 1.25. The highest BCUT2D eigenvalue weighted by molar-refractivity contribution is 7.89. The van der Waals surface area contributed by atoms with Gasteiger partial charge in [-0.3, -0.25) is 0 Å². The second-order valence-electron chi connectivity index (χ2n) is 7.57. The van der Waals surface area contributed by atoms with Gasteiger partial charge in [0.15, 0.2) is 0 Å². The molecule has 0 spiro atoms. The molecule has 0 amide bonds. The first-order valence-corrected chi connectivity index (χ1v) is 11.6. The van der Waals surface area contributed by atoms with Gasteiger partial charge in [0, 0.05) is 31.9 Å². The summed E-state index contributed by atoms with van der Waals surface area (Å²) in [4.78, 5) is 2.79. The van der Waals surface area contributed by atoms with Crippen molar-refractivity contribution in [3.63, 3.8) is 0 Å². The molecule has 5 nitrogen and oxygen atoms in total. The maximum Gasteiger partial charge on any atom is 0.243 e. The summed E-state index contributed by atoms with van der Waals surface area (Å²) >= 11 is 0. The normalized spacial score (nSPS) is 20.4. The van der Waals surface area contributed by atoms with Crippen molar-refractivity contribution in [3.8, 4) is 0 Å². The van der Waals surface area contributed by atoms with E-state index in [1.54, 1.807) is 28.6 Å². The first-order valence-electron chi connectivity index (χ1n) is 10.1. The predicted octanol–water partition coefficient (Wildman–Crippen LogP) is 3.53. The van der Waals surface area contributed by atoms with Crippen LogP contribution in [0.25, 0.3) is 0 Å². The molecule has 6 heteroatoms. The first kappa shape index (κ1) is 19.4. The molecule has 0 atom stereocenters. The number of anilines is 1. The predicted molar refractivity (Wildman–Crippen MR) is 111 cm³/mol. The Labute approximate surface area is 168 Å². The molecule has 28 heavy (non-hydrogen) atoms. The van der Waals surface area contributed by atoms with Crippen LogP contribution < -0.4 is 4.90 Å². The Morgan fingerprint density at radius 2 is 1.21 bits per heavy atom. The molecule has 2 aliphatic heterocycles. The molecule has 2 aromatic carbocycles. The summed E-state index contributed by atoms with van der Waals surface area (Å²) in [5.74, 6) is 0. The molecule has 0 aliphatic carbocycles. The van der Waals surface area contributed by atoms with Gasteiger partial charge in [-0.25, -0.2) is 8.42 Å². The lowest BCUT2D eigenvalue weighted by atomic mass is 10.0. The highest BCUT2D eigenvalue weighted by Crippen LogP contribution is 2.26. The van der Waals surface area contributed by atoms with E-state index in [1.165, 1.54) is 5.69 Å². The van der Waals surface area contributed by atoms with Crippen LogP contribution in [0.15, 0.2) is 65.6 Å². The lowest BCUT2D eigenvalue weighted by molar-refractivity contribution is -0.0433. The monoisotopic (exact) mass is 400 g/mol. The summed E-state index contributed by atoms with van der Waals surface area (Å²) in [5.41, 5.74) is 1.28. The summed E-state index contributed by atoms with van der Waals surface area (Å²) in [5, 5.41) is 0. The van der Waals surface area contributed by atoms with Crippen LogP contribution in [0.4, 0.5) is 5.69 Å². The number of sulfonamides is 1. The van der Waals surface area contributed by atoms with E-state index < -0.39 is 10.0 Å². The number of para-hydroxylation sites is 1. The van der Waals surface area contributed by atoms with Crippen LogP contribution in [0.2, 0.25) is 0 Å². The number of rotatable bonds is 5. The molecule has 150 valence electrons. The van der Waals surface area contributed by atoms with E-state index in [-0.39, 0.29) is 12.2 Å². The molecular weight excluding hydrogens is 372 g/mol. The summed E-state index contributed by atoms with van der Waals surface area (Å²) < 4.78 is 33.4. The highest BCUT2D eigenvalue weighted by atomic mass is 32.2. The summed E-state index contributed by atoms with van der Waals surface area (Å²) in [6.45, 7) is 3.08. The van der Waals surface area contributed by atoms with Crippen LogP contribution in [0.3, 0.4) is 0 Å². The Hall–Kier alpha value is -1.89. The van der Waals surface area contributed by atoms with E-state index in [9.17, 15) is 8.42 Å². The standard InChI is InChI=1S/C22H28N2O3S/c25-28(26,22-9-5-2-6-10-22)24-17-13-21(14-18-24)27-20-11-15-23(16-12-20)19-7-3-1-4-8-19/h1-10,20-21H,11-18H2. The van der Waals surface area contributed by atoms with Crippen molar-refractivity contribution in [1.82, 2.24) is 4.31 Å². The molecule has 2 aliphatic rings. The minimum Gasteiger partial charge on any atom is -0.375 e. The Morgan fingerprint density at radius 1 is 0.714 bits per heavy atom. The molecule has 2 saturated heterocycles. The fraction of sp³-hybridized carbons (Fsp3) is 0.455. The van der Waals surface area contributed by atoms with Crippen molar-refractivity contribution in [2.24, 2.45) is 0 Å². The molecule has 0 bridgehead atoms. The van der Waals surface area contributed by atoms with Gasteiger partial charge in [0.05, 0.1) is 17.1 Å². The third-order valence-corrected chi connectivity index (χ3v) is 7.64. The molecule has 2 heterocycles. The van der Waals surface area contributed by atoms with Gasteiger partial charge >= 0.3 is 0 Å². The maximum atomic E-state index is 12.7. The van der Waals surface area contributed by atoms with Crippen molar-refractivity contribution >= 4 is 15.7 Å². The quantitative estimate of drug-likeness (QED) is 0.771. The zero-order chi connectivity index (χ0) is 19.4. The van der Waals surface area contributed by atoms with Crippen molar-refractivity contribution in [2.45, 2.75) is 42.8 Å². The number of piperidine rings is 2. The number of hydrogen-bond acceptors (Lipinski definition) is 4. The van der Waals surface area contributed by atoms with Gasteiger partial charge < -0.3 is 9.64 Å². The molecule has 2 fully saturated rings. The van der Waals surface area contributed by atoms with Gasteiger partial charge in [-0.1, -0.05) is 36.4 Å². The molecule has 0 aromatic heterocycles. The average Bonchev–Trinajstić information content (AvgIpc) is 2.76. The van der Waals surface area contributed by atoms with Crippen LogP contribution >= 0.6 is 0 Å². The summed E-state index contributed by atoms with van der Waals surface area (Å²) in [6.07, 6.45) is 4.03. The zero-order valence-corrected chi connectivity index (χ0v) is 16.9. The van der Waals surface area contributed by atoms with Gasteiger partial charge in [0.1, 0.15) is 0 Å². The second-order valence-corrected chi connectivity index (χ2v) is 9.51. The lowest BCUT2D eigenvalue weighted by Crippen LogP contribution is -2.43. The smallest absolute Gasteiger partial charge is 0.243 e. The molecule has 2 aromatic rings. The summed E-state index contributed by atoms with van der Waals surface area (Å²) in [6, 6.07) is 19.2. The van der Waals surface area contributed by atoms with E-state index in [0.717, 1.165) is 38.8 Å². The van der Waals surface area contributed by atoms with E-state index in [2.05, 4.69) is 29.2 Å². The third kappa shape index (κ3) is 4.40. The number of ether oxygens (including phenoxy) is 1. The molecule has 0 radical (unpaired) electrons. The second kappa shape index (κ2) is 8.64. The van der Waals surface area contributed by atoms with Gasteiger partial charge in [0.2, 0.25) is 10.0 Å². The van der Waals surface area contributed by atoms with E-state index in [1.807, 2.05) is 12.1 Å². The maximum absolute atomic E-state index is 12.7. The fourth-order valence-corrected chi connectivity index (χ4v) is 5.60. The Kier molecular flexibility index (Phi) is 5.99. The third-order valence-electron chi connectivity index (χ3n) is 5.73. The number of hydrogen-bond donors (Lipinski definition) is 0. The largest absolute Gasteiger partial charge is 0.375 e. The van der Waals surface area contributed by atoms with Crippen molar-refractivity contribution in [3.05, 3.63) is 60.7 Å². The van der Waals surface area contributed by atoms with E-state index >= 15 is 0 Å². The van der Waals surface area contributed by atoms with Crippen LogP contribution in [0, 0.1) is 0 Å². The van der Waals surface area contributed by atoms with Crippen LogP contribution in [0.1, 0.15) is 25.7 Å². The van der Waals surface area contributed by atoms with Crippen molar-refractivity contribution in [2.75, 3.05) is 31.1 Å². The highest BCUT2D eigenvalue weighted by Gasteiger charge is 2.31. The van der Waals surface area contributed by atoms with E-state index in [0.29, 0.717) is 18.0 Å². The van der Waals surface area contributed by atoms with Gasteiger partial charge in [-0.2, -0.15) is 4.31 Å². The van der Waals surface area contributed by atoms with Crippen LogP contribution in [-0.2, 0) is 14.8 Å². The topological polar surface area (TPSA) is 49.9 Å². The Morgan fingerprint density at radius 3 is 1.79 bits per heavy atom. The molecule has 0 saturated carbocycles. The lowest BCUT2D eigenvalue weighted by Gasteiger charge is -2.37. The summed E-state index contributed by atoms with van der Waals surface area (Å²) in [7, 11) is -3.39.